The molecule has 2 aliphatic heterocycles. The number of ether oxygens (including phenoxy) is 1. The molecule has 5 heterocycles. The second-order valence-corrected chi connectivity index (χ2v) is 11.3. The van der Waals surface area contributed by atoms with E-state index in [-0.39, 0.29) is 30.5 Å². The molecule has 0 radical (unpaired) electrons. The number of alkyl halides is 1. The molecule has 0 saturated carbocycles. The van der Waals surface area contributed by atoms with Gasteiger partial charge < -0.3 is 19.9 Å². The number of aromatic nitrogens is 4. The molecule has 2 aliphatic rings. The Kier molecular flexibility index (Phi) is 8.08. The number of halogens is 1. The van der Waals surface area contributed by atoms with Crippen molar-refractivity contribution >= 4 is 50.8 Å². The Morgan fingerprint density at radius 3 is 2.67 bits per heavy atom. The van der Waals surface area contributed by atoms with Crippen LogP contribution in [0.5, 0.6) is 0 Å². The Morgan fingerprint density at radius 1 is 1.15 bits per heavy atom. The second-order valence-electron chi connectivity index (χ2n) is 10.8. The molecule has 0 aliphatic carbocycles. The molecular weight excluding hydrogens is 517 g/mol. The lowest BCUT2D eigenvalue weighted by molar-refractivity contribution is 0.0194. The lowest BCUT2D eigenvalue weighted by Crippen LogP contribution is -2.57. The van der Waals surface area contributed by atoms with Gasteiger partial charge in [-0.2, -0.15) is 4.98 Å². The predicted molar refractivity (Wildman–Crippen MR) is 155 cm³/mol. The predicted octanol–water partition coefficient (Wildman–Crippen LogP) is 4.33. The van der Waals surface area contributed by atoms with E-state index in [0.29, 0.717) is 47.7 Å². The summed E-state index contributed by atoms with van der Waals surface area (Å²) < 4.78 is 30.7. The highest BCUT2D eigenvalue weighted by Crippen LogP contribution is 2.39. The Hall–Kier alpha value is -3.18. The highest BCUT2D eigenvalue weighted by Gasteiger charge is 2.40. The molecule has 11 heteroatoms. The topological polar surface area (TPSA) is 96.4 Å². The molecule has 1 N–H and O–H groups in total. The second kappa shape index (κ2) is 11.5. The number of piperidine rings is 1. The molecule has 0 bridgehead atoms. The van der Waals surface area contributed by atoms with Gasteiger partial charge in [0.1, 0.15) is 23.6 Å². The summed E-state index contributed by atoms with van der Waals surface area (Å²) in [6, 6.07) is 4.11. The van der Waals surface area contributed by atoms with Gasteiger partial charge >= 0.3 is 0 Å². The normalized spacial score (nSPS) is 24.0. The Labute approximate surface area is 232 Å². The Balaban J connectivity index is 1.40. The van der Waals surface area contributed by atoms with Crippen molar-refractivity contribution in [3.63, 3.8) is 0 Å². The average molecular weight is 554 g/mol. The fourth-order valence-corrected chi connectivity index (χ4v) is 6.02. The van der Waals surface area contributed by atoms with Crippen LogP contribution in [-0.2, 0) is 16.0 Å². The third kappa shape index (κ3) is 5.47. The van der Waals surface area contributed by atoms with Crippen molar-refractivity contribution in [3.8, 4) is 0 Å². The summed E-state index contributed by atoms with van der Waals surface area (Å²) in [4.78, 5) is 22.7. The lowest BCUT2D eigenvalue weighted by Gasteiger charge is -2.49. The standard InChI is InChI=1S/C28H36FN7O2S/c1-16(2)20-11-32-27(36-13-22(18(36)4)17(3)15-39-37)21-12-31-26(10-19(20)21)33-25-6-8-30-28(34-25)35-9-7-24(38-5)23(29)14-35/h6,8,10-12,15-18,22-24H,7,9,13-14H2,1-5H3,(H,30,31,33,34)/t17-,18-,22?,23-,24+/m1/s1. The van der Waals surface area contributed by atoms with Crippen LogP contribution >= 0.6 is 0 Å². The largest absolute Gasteiger partial charge is 0.378 e. The number of fused-ring (bicyclic) bond motifs is 1. The fraction of sp³-hybridized carbons (Fsp3) is 0.536. The quantitative estimate of drug-likeness (QED) is 0.409. The highest BCUT2D eigenvalue weighted by molar-refractivity contribution is 7.64. The van der Waals surface area contributed by atoms with E-state index >= 15 is 0 Å². The zero-order valence-electron chi connectivity index (χ0n) is 23.0. The molecule has 0 amide bonds. The molecule has 5 rings (SSSR count). The number of methoxy groups -OCH3 is 1. The maximum absolute atomic E-state index is 14.5. The van der Waals surface area contributed by atoms with E-state index < -0.39 is 6.17 Å². The van der Waals surface area contributed by atoms with Crippen molar-refractivity contribution in [1.82, 2.24) is 19.9 Å². The monoisotopic (exact) mass is 553 g/mol. The molecule has 5 atom stereocenters. The van der Waals surface area contributed by atoms with Crippen LogP contribution in [0, 0.1) is 11.8 Å². The maximum Gasteiger partial charge on any atom is 0.227 e. The molecule has 2 fully saturated rings. The molecule has 3 aromatic heterocycles. The Morgan fingerprint density at radius 2 is 1.97 bits per heavy atom. The number of rotatable bonds is 8. The van der Waals surface area contributed by atoms with Crippen molar-refractivity contribution in [3.05, 3.63) is 36.3 Å². The number of hydrogen-bond acceptors (Lipinski definition) is 9. The van der Waals surface area contributed by atoms with Crippen molar-refractivity contribution in [2.24, 2.45) is 11.8 Å². The minimum atomic E-state index is -1.08. The molecule has 39 heavy (non-hydrogen) atoms. The first-order valence-corrected chi connectivity index (χ1v) is 14.3. The number of nitrogens with zero attached hydrogens (tertiary/aromatic N) is 6. The number of hydrogen-bond donors (Lipinski definition) is 1. The first-order valence-electron chi connectivity index (χ1n) is 13.5. The minimum absolute atomic E-state index is 0.200. The third-order valence-electron chi connectivity index (χ3n) is 8.11. The van der Waals surface area contributed by atoms with Gasteiger partial charge in [0.05, 0.1) is 23.9 Å². The summed E-state index contributed by atoms with van der Waals surface area (Å²) in [7, 11) is 1.55. The van der Waals surface area contributed by atoms with E-state index in [1.54, 1.807) is 24.7 Å². The van der Waals surface area contributed by atoms with Crippen molar-refractivity contribution in [2.75, 3.05) is 41.9 Å². The van der Waals surface area contributed by atoms with E-state index in [2.05, 4.69) is 47.9 Å². The van der Waals surface area contributed by atoms with Crippen LogP contribution in [0.1, 0.15) is 45.6 Å². The summed E-state index contributed by atoms with van der Waals surface area (Å²) >= 11 is 0.547. The fourth-order valence-electron chi connectivity index (χ4n) is 5.64. The summed E-state index contributed by atoms with van der Waals surface area (Å²) in [5.74, 6) is 3.61. The van der Waals surface area contributed by atoms with Crippen LogP contribution in [0.25, 0.3) is 10.8 Å². The first kappa shape index (κ1) is 27.4. The van der Waals surface area contributed by atoms with Crippen LogP contribution in [0.3, 0.4) is 0 Å². The number of pyridine rings is 2. The van der Waals surface area contributed by atoms with Gasteiger partial charge in [0, 0.05) is 61.5 Å². The van der Waals surface area contributed by atoms with Gasteiger partial charge in [-0.3, -0.25) is 0 Å². The number of nitrogens with one attached hydrogen (secondary N) is 1. The summed E-state index contributed by atoms with van der Waals surface area (Å²) in [5.41, 5.74) is 1.15. The van der Waals surface area contributed by atoms with Gasteiger partial charge in [-0.15, -0.1) is 0 Å². The molecule has 208 valence electrons. The van der Waals surface area contributed by atoms with Crippen LogP contribution in [-0.4, -0.2) is 74.6 Å². The smallest absolute Gasteiger partial charge is 0.227 e. The molecule has 3 aromatic rings. The number of anilines is 4. The van der Waals surface area contributed by atoms with Gasteiger partial charge in [0.15, 0.2) is 0 Å². The maximum atomic E-state index is 14.5. The average Bonchev–Trinajstić information content (AvgIpc) is 2.92. The summed E-state index contributed by atoms with van der Waals surface area (Å²) in [6.07, 6.45) is 4.64. The van der Waals surface area contributed by atoms with Gasteiger partial charge in [-0.25, -0.2) is 23.6 Å². The molecule has 0 spiro atoms. The minimum Gasteiger partial charge on any atom is -0.378 e. The van der Waals surface area contributed by atoms with Gasteiger partial charge in [-0.05, 0) is 48.3 Å². The summed E-state index contributed by atoms with van der Waals surface area (Å²) in [5, 5.41) is 7.19. The van der Waals surface area contributed by atoms with Gasteiger partial charge in [0.2, 0.25) is 5.95 Å². The van der Waals surface area contributed by atoms with Crippen LogP contribution in [0.4, 0.5) is 27.8 Å². The first-order chi connectivity index (χ1) is 18.8. The van der Waals surface area contributed by atoms with Crippen LogP contribution in [0.2, 0.25) is 0 Å². The third-order valence-corrected chi connectivity index (χ3v) is 8.65. The SMILES string of the molecule is CO[C@H]1CCN(c2nccc(Nc3cc4c(C(C)C)cnc(N5CC([C@H](C)C=S=O)[C@H]5C)c4cn3)n2)C[C@H]1F. The van der Waals surface area contributed by atoms with Crippen molar-refractivity contribution in [2.45, 2.75) is 58.4 Å². The van der Waals surface area contributed by atoms with Crippen LogP contribution < -0.4 is 15.1 Å². The van der Waals surface area contributed by atoms with E-state index in [4.69, 9.17) is 14.7 Å². The zero-order chi connectivity index (χ0) is 27.7. The van der Waals surface area contributed by atoms with Crippen molar-refractivity contribution < 1.29 is 13.3 Å². The highest BCUT2D eigenvalue weighted by atomic mass is 32.1. The lowest BCUT2D eigenvalue weighted by atomic mass is 9.80. The van der Waals surface area contributed by atoms with E-state index in [0.717, 1.165) is 28.7 Å². The van der Waals surface area contributed by atoms with Gasteiger partial charge in [-0.1, -0.05) is 20.8 Å². The van der Waals surface area contributed by atoms with Gasteiger partial charge in [0.25, 0.3) is 0 Å². The molecule has 9 nitrogen and oxygen atoms in total. The van der Waals surface area contributed by atoms with E-state index in [1.165, 1.54) is 0 Å². The van der Waals surface area contributed by atoms with E-state index in [1.807, 2.05) is 23.4 Å². The molecule has 1 unspecified atom stereocenters. The summed E-state index contributed by atoms with van der Waals surface area (Å²) in [6.45, 7) is 10.3. The van der Waals surface area contributed by atoms with Crippen LogP contribution in [0.15, 0.2) is 30.7 Å². The zero-order valence-corrected chi connectivity index (χ0v) is 23.9. The van der Waals surface area contributed by atoms with E-state index in [9.17, 15) is 8.60 Å². The molecule has 2 saturated heterocycles. The Bertz CT molecular complexity index is 1390. The molecular formula is C28H36FN7O2S. The van der Waals surface area contributed by atoms with Crippen molar-refractivity contribution in [1.29, 1.82) is 0 Å². The molecule has 0 aromatic carbocycles.